The molecular formula is C19H24N4O2S. The van der Waals surface area contributed by atoms with Crippen molar-refractivity contribution in [3.05, 3.63) is 34.3 Å². The van der Waals surface area contributed by atoms with Gasteiger partial charge in [-0.05, 0) is 37.8 Å². The molecule has 2 amide bonds. The van der Waals surface area contributed by atoms with Gasteiger partial charge in [0.2, 0.25) is 5.13 Å². The lowest BCUT2D eigenvalue weighted by Gasteiger charge is -2.32. The number of nitrogens with one attached hydrogen (secondary N) is 1. The monoisotopic (exact) mass is 372 g/mol. The Labute approximate surface area is 157 Å². The van der Waals surface area contributed by atoms with E-state index < -0.39 is 0 Å². The Balaban J connectivity index is 1.29. The summed E-state index contributed by atoms with van der Waals surface area (Å²) in [4.78, 5) is 14.3. The highest BCUT2D eigenvalue weighted by Crippen LogP contribution is 2.42. The minimum atomic E-state index is -0.0889. The van der Waals surface area contributed by atoms with Crippen LogP contribution < -0.4 is 10.1 Å². The first-order valence-corrected chi connectivity index (χ1v) is 10.0. The first kappa shape index (κ1) is 17.3. The van der Waals surface area contributed by atoms with Gasteiger partial charge in [-0.15, -0.1) is 10.2 Å². The van der Waals surface area contributed by atoms with Gasteiger partial charge in [-0.1, -0.05) is 29.5 Å². The Morgan fingerprint density at radius 2 is 1.85 bits per heavy atom. The number of urea groups is 1. The van der Waals surface area contributed by atoms with Crippen molar-refractivity contribution in [2.75, 3.05) is 18.4 Å². The number of carbonyl (C=O) groups is 1. The summed E-state index contributed by atoms with van der Waals surface area (Å²) in [6, 6.07) is 6.10. The van der Waals surface area contributed by atoms with Gasteiger partial charge >= 0.3 is 6.03 Å². The number of likely N-dealkylation sites (tertiary alicyclic amines) is 1. The van der Waals surface area contributed by atoms with E-state index in [9.17, 15) is 4.79 Å². The van der Waals surface area contributed by atoms with E-state index in [2.05, 4.69) is 41.5 Å². The van der Waals surface area contributed by atoms with E-state index in [-0.39, 0.29) is 12.1 Å². The number of carbonyl (C=O) groups excluding carboxylic acids is 1. The van der Waals surface area contributed by atoms with Gasteiger partial charge in [0.15, 0.2) is 0 Å². The number of hydrogen-bond acceptors (Lipinski definition) is 5. The van der Waals surface area contributed by atoms with Gasteiger partial charge in [0.25, 0.3) is 0 Å². The highest BCUT2D eigenvalue weighted by molar-refractivity contribution is 7.15. The highest BCUT2D eigenvalue weighted by atomic mass is 32.1. The summed E-state index contributed by atoms with van der Waals surface area (Å²) in [5.41, 5.74) is 2.32. The van der Waals surface area contributed by atoms with Crippen LogP contribution in [-0.2, 0) is 0 Å². The van der Waals surface area contributed by atoms with Crippen LogP contribution in [0.15, 0.2) is 18.2 Å². The average Bonchev–Trinajstić information content (AvgIpc) is 3.38. The molecule has 2 aromatic rings. The number of aromatic nitrogens is 2. The predicted octanol–water partition coefficient (Wildman–Crippen LogP) is 4.11. The molecule has 6 nitrogen and oxygen atoms in total. The van der Waals surface area contributed by atoms with Crippen molar-refractivity contribution in [1.29, 1.82) is 0 Å². The molecule has 0 bridgehead atoms. The number of para-hydroxylation sites is 1. The molecule has 1 N–H and O–H groups in total. The lowest BCUT2D eigenvalue weighted by Crippen LogP contribution is -2.43. The quantitative estimate of drug-likeness (QED) is 0.877. The number of nitrogens with zero attached hydrogens (tertiary/aromatic N) is 3. The van der Waals surface area contributed by atoms with Crippen LogP contribution in [0.3, 0.4) is 0 Å². The zero-order valence-corrected chi connectivity index (χ0v) is 16.0. The number of ether oxygens (including phenoxy) is 1. The van der Waals surface area contributed by atoms with E-state index in [1.54, 1.807) is 0 Å². The van der Waals surface area contributed by atoms with Gasteiger partial charge in [0, 0.05) is 31.8 Å². The summed E-state index contributed by atoms with van der Waals surface area (Å²) in [5, 5.41) is 12.8. The van der Waals surface area contributed by atoms with Crippen molar-refractivity contribution in [3.63, 3.8) is 0 Å². The topological polar surface area (TPSA) is 67.3 Å². The number of hydrogen-bond donors (Lipinski definition) is 1. The molecule has 0 spiro atoms. The standard InChI is InChI=1S/C19H24N4O2S/c1-12-4-3-5-13(2)16(12)25-15-8-10-23(11-9-15)19(24)20-18-22-21-17(26-18)14-6-7-14/h3-5,14-15H,6-11H2,1-2H3,(H,20,22,24). The molecule has 1 aromatic carbocycles. The number of anilines is 1. The maximum atomic E-state index is 12.4. The molecule has 0 atom stereocenters. The van der Waals surface area contributed by atoms with Gasteiger partial charge < -0.3 is 9.64 Å². The Morgan fingerprint density at radius 3 is 2.50 bits per heavy atom. The second-order valence-corrected chi connectivity index (χ2v) is 8.18. The summed E-state index contributed by atoms with van der Waals surface area (Å²) in [5.74, 6) is 1.55. The summed E-state index contributed by atoms with van der Waals surface area (Å²) < 4.78 is 6.22. The van der Waals surface area contributed by atoms with Gasteiger partial charge in [0.1, 0.15) is 16.9 Å². The highest BCUT2D eigenvalue weighted by Gasteiger charge is 2.29. The molecule has 2 fully saturated rings. The summed E-state index contributed by atoms with van der Waals surface area (Å²) in [6.45, 7) is 5.52. The van der Waals surface area contributed by atoms with Gasteiger partial charge in [-0.3, -0.25) is 5.32 Å². The molecule has 1 aromatic heterocycles. The fraction of sp³-hybridized carbons (Fsp3) is 0.526. The second kappa shape index (κ2) is 7.23. The predicted molar refractivity (Wildman–Crippen MR) is 102 cm³/mol. The molecule has 1 aliphatic heterocycles. The number of rotatable bonds is 4. The third kappa shape index (κ3) is 3.82. The van der Waals surface area contributed by atoms with Gasteiger partial charge in [0.05, 0.1) is 0 Å². The van der Waals surface area contributed by atoms with Crippen LogP contribution in [0, 0.1) is 13.8 Å². The molecule has 138 valence electrons. The Hall–Kier alpha value is -2.15. The molecule has 1 saturated carbocycles. The molecule has 26 heavy (non-hydrogen) atoms. The number of piperidine rings is 1. The summed E-state index contributed by atoms with van der Waals surface area (Å²) >= 11 is 1.50. The number of amides is 2. The zero-order valence-electron chi connectivity index (χ0n) is 15.2. The zero-order chi connectivity index (χ0) is 18.1. The minimum Gasteiger partial charge on any atom is -0.490 e. The molecule has 7 heteroatoms. The smallest absolute Gasteiger partial charge is 0.323 e. The van der Waals surface area contributed by atoms with E-state index in [0.717, 1.165) is 34.7 Å². The van der Waals surface area contributed by atoms with E-state index in [0.29, 0.717) is 24.1 Å². The molecule has 2 heterocycles. The van der Waals surface area contributed by atoms with Crippen LogP contribution in [0.25, 0.3) is 0 Å². The van der Waals surface area contributed by atoms with Crippen LogP contribution in [0.5, 0.6) is 5.75 Å². The molecule has 4 rings (SSSR count). The number of benzene rings is 1. The molecule has 1 aliphatic carbocycles. The lowest BCUT2D eigenvalue weighted by atomic mass is 10.1. The van der Waals surface area contributed by atoms with E-state index in [1.165, 1.54) is 24.2 Å². The molecule has 0 unspecified atom stereocenters. The minimum absolute atomic E-state index is 0.0889. The van der Waals surface area contributed by atoms with Crippen LogP contribution in [-0.4, -0.2) is 40.3 Å². The van der Waals surface area contributed by atoms with Crippen molar-refractivity contribution in [3.8, 4) is 5.75 Å². The van der Waals surface area contributed by atoms with E-state index in [4.69, 9.17) is 4.74 Å². The molecular weight excluding hydrogens is 348 g/mol. The lowest BCUT2D eigenvalue weighted by molar-refractivity contribution is 0.114. The second-order valence-electron chi connectivity index (χ2n) is 7.18. The Kier molecular flexibility index (Phi) is 4.80. The third-order valence-corrected chi connectivity index (χ3v) is 6.00. The Bertz CT molecular complexity index is 774. The maximum absolute atomic E-state index is 12.4. The number of aryl methyl sites for hydroxylation is 2. The van der Waals surface area contributed by atoms with E-state index >= 15 is 0 Å². The van der Waals surface area contributed by atoms with Crippen LogP contribution >= 0.6 is 11.3 Å². The first-order chi connectivity index (χ1) is 12.6. The fourth-order valence-corrected chi connectivity index (χ4v) is 4.18. The Morgan fingerprint density at radius 1 is 1.15 bits per heavy atom. The molecule has 0 radical (unpaired) electrons. The van der Waals surface area contributed by atoms with Crippen molar-refractivity contribution in [1.82, 2.24) is 15.1 Å². The molecule has 2 aliphatic rings. The van der Waals surface area contributed by atoms with Crippen molar-refractivity contribution < 1.29 is 9.53 Å². The average molecular weight is 372 g/mol. The third-order valence-electron chi connectivity index (χ3n) is 5.00. The van der Waals surface area contributed by atoms with Crippen molar-refractivity contribution in [2.24, 2.45) is 0 Å². The van der Waals surface area contributed by atoms with Crippen LogP contribution in [0.2, 0.25) is 0 Å². The first-order valence-electron chi connectivity index (χ1n) is 9.22. The normalized spacial score (nSPS) is 18.0. The summed E-state index contributed by atoms with van der Waals surface area (Å²) in [6.07, 6.45) is 4.21. The molecule has 1 saturated heterocycles. The van der Waals surface area contributed by atoms with Crippen LogP contribution in [0.1, 0.15) is 47.7 Å². The maximum Gasteiger partial charge on any atom is 0.323 e. The van der Waals surface area contributed by atoms with Crippen molar-refractivity contribution >= 4 is 22.5 Å². The van der Waals surface area contributed by atoms with E-state index in [1.807, 2.05) is 11.0 Å². The van der Waals surface area contributed by atoms with Crippen molar-refractivity contribution in [2.45, 2.75) is 51.6 Å². The largest absolute Gasteiger partial charge is 0.490 e. The van der Waals surface area contributed by atoms with Crippen LogP contribution in [0.4, 0.5) is 9.93 Å². The SMILES string of the molecule is Cc1cccc(C)c1OC1CCN(C(=O)Nc2nnc(C3CC3)s2)CC1. The van der Waals surface area contributed by atoms with Gasteiger partial charge in [-0.25, -0.2) is 4.79 Å². The summed E-state index contributed by atoms with van der Waals surface area (Å²) in [7, 11) is 0. The van der Waals surface area contributed by atoms with Gasteiger partial charge in [-0.2, -0.15) is 0 Å². The fourth-order valence-electron chi connectivity index (χ4n) is 3.28.